The van der Waals surface area contributed by atoms with Crippen LogP contribution in [-0.2, 0) is 4.79 Å². The number of aliphatic hydroxyl groups is 1. The highest BCUT2D eigenvalue weighted by Crippen LogP contribution is 2.27. The van der Waals surface area contributed by atoms with Crippen LogP contribution < -0.4 is 4.74 Å². The molecular formula is C18H27NO3. The maximum absolute atomic E-state index is 12.3. The first-order chi connectivity index (χ1) is 10.5. The van der Waals surface area contributed by atoms with Gasteiger partial charge in [0.15, 0.2) is 6.61 Å². The number of carbonyl (C=O) groups is 1. The summed E-state index contributed by atoms with van der Waals surface area (Å²) in [6, 6.07) is 6.15. The Hall–Kier alpha value is -1.55. The molecule has 1 heterocycles. The van der Waals surface area contributed by atoms with E-state index in [4.69, 9.17) is 9.84 Å². The first-order valence-electron chi connectivity index (χ1n) is 8.13. The van der Waals surface area contributed by atoms with Crippen molar-refractivity contribution in [2.45, 2.75) is 39.5 Å². The molecule has 2 rings (SSSR count). The molecule has 122 valence electrons. The molecule has 0 bridgehead atoms. The lowest BCUT2D eigenvalue weighted by molar-refractivity contribution is -0.135. The van der Waals surface area contributed by atoms with Crippen molar-refractivity contribution in [1.29, 1.82) is 0 Å². The third kappa shape index (κ3) is 4.23. The quantitative estimate of drug-likeness (QED) is 0.910. The second kappa shape index (κ2) is 7.63. The maximum atomic E-state index is 12.3. The van der Waals surface area contributed by atoms with Gasteiger partial charge in [-0.25, -0.2) is 0 Å². The molecule has 1 aromatic rings. The second-order valence-corrected chi connectivity index (χ2v) is 6.49. The Kier molecular flexibility index (Phi) is 5.83. The monoisotopic (exact) mass is 305 g/mol. The minimum Gasteiger partial charge on any atom is -0.483 e. The Morgan fingerprint density at radius 2 is 2.05 bits per heavy atom. The predicted octanol–water partition coefficient (Wildman–Crippen LogP) is 2.73. The van der Waals surface area contributed by atoms with Crippen LogP contribution in [-0.4, -0.2) is 42.2 Å². The summed E-state index contributed by atoms with van der Waals surface area (Å²) < 4.78 is 5.81. The number of aliphatic hydroxyl groups excluding tert-OH is 1. The SMILES string of the molecule is Cc1ccc(C(C)C)c(OCC(=O)N2CCC(CO)CC2)c1. The smallest absolute Gasteiger partial charge is 0.260 e. The van der Waals surface area contributed by atoms with Crippen molar-refractivity contribution in [3.8, 4) is 5.75 Å². The third-order valence-corrected chi connectivity index (χ3v) is 4.37. The summed E-state index contributed by atoms with van der Waals surface area (Å²) in [4.78, 5) is 14.1. The number of ether oxygens (including phenoxy) is 1. The van der Waals surface area contributed by atoms with Crippen LogP contribution in [0.25, 0.3) is 0 Å². The van der Waals surface area contributed by atoms with Gasteiger partial charge in [0.05, 0.1) is 0 Å². The fourth-order valence-electron chi connectivity index (χ4n) is 2.84. The van der Waals surface area contributed by atoms with Crippen molar-refractivity contribution in [2.75, 3.05) is 26.3 Å². The Bertz CT molecular complexity index is 505. The van der Waals surface area contributed by atoms with Gasteiger partial charge in [0.2, 0.25) is 0 Å². The third-order valence-electron chi connectivity index (χ3n) is 4.37. The lowest BCUT2D eigenvalue weighted by Gasteiger charge is -2.31. The van der Waals surface area contributed by atoms with Crippen molar-refractivity contribution >= 4 is 5.91 Å². The maximum Gasteiger partial charge on any atom is 0.260 e. The van der Waals surface area contributed by atoms with E-state index in [2.05, 4.69) is 26.0 Å². The van der Waals surface area contributed by atoms with E-state index >= 15 is 0 Å². The standard InChI is InChI=1S/C18H27NO3/c1-13(2)16-5-4-14(3)10-17(16)22-12-18(21)19-8-6-15(11-20)7-9-19/h4-5,10,13,15,20H,6-9,11-12H2,1-3H3. The lowest BCUT2D eigenvalue weighted by atomic mass is 9.98. The summed E-state index contributed by atoms with van der Waals surface area (Å²) in [7, 11) is 0. The van der Waals surface area contributed by atoms with E-state index in [9.17, 15) is 4.79 Å². The van der Waals surface area contributed by atoms with E-state index in [1.165, 1.54) is 0 Å². The first kappa shape index (κ1) is 16.8. The van der Waals surface area contributed by atoms with E-state index in [1.807, 2.05) is 17.9 Å². The Labute approximate surface area is 133 Å². The summed E-state index contributed by atoms with van der Waals surface area (Å²) in [5.74, 6) is 1.56. The molecule has 1 aromatic carbocycles. The molecule has 1 fully saturated rings. The summed E-state index contributed by atoms with van der Waals surface area (Å²) in [6.45, 7) is 8.03. The van der Waals surface area contributed by atoms with Gasteiger partial charge in [0, 0.05) is 19.7 Å². The predicted molar refractivity (Wildman–Crippen MR) is 87.2 cm³/mol. The summed E-state index contributed by atoms with van der Waals surface area (Å²) >= 11 is 0. The molecule has 0 atom stereocenters. The molecule has 0 unspecified atom stereocenters. The highest BCUT2D eigenvalue weighted by atomic mass is 16.5. The number of aryl methyl sites for hydroxylation is 1. The molecular weight excluding hydrogens is 278 g/mol. The minimum absolute atomic E-state index is 0.0348. The highest BCUT2D eigenvalue weighted by molar-refractivity contribution is 5.77. The molecule has 0 aromatic heterocycles. The van der Waals surface area contributed by atoms with E-state index in [0.29, 0.717) is 11.8 Å². The molecule has 0 spiro atoms. The van der Waals surface area contributed by atoms with Crippen molar-refractivity contribution in [2.24, 2.45) is 5.92 Å². The topological polar surface area (TPSA) is 49.8 Å². The molecule has 0 saturated carbocycles. The Morgan fingerprint density at radius 3 is 2.64 bits per heavy atom. The van der Waals surface area contributed by atoms with E-state index < -0.39 is 0 Å². The zero-order chi connectivity index (χ0) is 16.1. The highest BCUT2D eigenvalue weighted by Gasteiger charge is 2.22. The number of amides is 1. The van der Waals surface area contributed by atoms with Crippen molar-refractivity contribution < 1.29 is 14.6 Å². The molecule has 1 N–H and O–H groups in total. The number of likely N-dealkylation sites (tertiary alicyclic amines) is 1. The molecule has 22 heavy (non-hydrogen) atoms. The van der Waals surface area contributed by atoms with Crippen molar-refractivity contribution in [3.63, 3.8) is 0 Å². The van der Waals surface area contributed by atoms with Gasteiger partial charge in [-0.1, -0.05) is 26.0 Å². The number of hydrogen-bond acceptors (Lipinski definition) is 3. The molecule has 0 aliphatic carbocycles. The van der Waals surface area contributed by atoms with Gasteiger partial charge in [-0.05, 0) is 48.8 Å². The van der Waals surface area contributed by atoms with Gasteiger partial charge >= 0.3 is 0 Å². The van der Waals surface area contributed by atoms with Crippen LogP contribution in [0, 0.1) is 12.8 Å². The van der Waals surface area contributed by atoms with Crippen LogP contribution in [0.5, 0.6) is 5.75 Å². The average molecular weight is 305 g/mol. The average Bonchev–Trinajstić information content (AvgIpc) is 2.52. The summed E-state index contributed by atoms with van der Waals surface area (Å²) in [5, 5.41) is 9.15. The molecule has 4 heteroatoms. The van der Waals surface area contributed by atoms with Crippen LogP contribution in [0.3, 0.4) is 0 Å². The molecule has 1 saturated heterocycles. The normalized spacial score (nSPS) is 16.1. The van der Waals surface area contributed by atoms with Gasteiger partial charge in [0.25, 0.3) is 5.91 Å². The van der Waals surface area contributed by atoms with E-state index in [-0.39, 0.29) is 19.1 Å². The van der Waals surface area contributed by atoms with Gasteiger partial charge in [-0.3, -0.25) is 4.79 Å². The van der Waals surface area contributed by atoms with Gasteiger partial charge in [-0.15, -0.1) is 0 Å². The van der Waals surface area contributed by atoms with Crippen LogP contribution in [0.2, 0.25) is 0 Å². The minimum atomic E-state index is 0.0348. The summed E-state index contributed by atoms with van der Waals surface area (Å²) in [5.41, 5.74) is 2.27. The van der Waals surface area contributed by atoms with Crippen LogP contribution in [0.1, 0.15) is 43.7 Å². The fourth-order valence-corrected chi connectivity index (χ4v) is 2.84. The van der Waals surface area contributed by atoms with Crippen LogP contribution in [0.15, 0.2) is 18.2 Å². The van der Waals surface area contributed by atoms with E-state index in [0.717, 1.165) is 42.8 Å². The number of benzene rings is 1. The van der Waals surface area contributed by atoms with E-state index in [1.54, 1.807) is 0 Å². The number of rotatable bonds is 5. The number of piperidine rings is 1. The lowest BCUT2D eigenvalue weighted by Crippen LogP contribution is -2.41. The fraction of sp³-hybridized carbons (Fsp3) is 0.611. The zero-order valence-electron chi connectivity index (χ0n) is 13.8. The number of carbonyl (C=O) groups excluding carboxylic acids is 1. The first-order valence-corrected chi connectivity index (χ1v) is 8.13. The molecule has 1 amide bonds. The second-order valence-electron chi connectivity index (χ2n) is 6.49. The molecule has 4 nitrogen and oxygen atoms in total. The zero-order valence-corrected chi connectivity index (χ0v) is 13.8. The number of hydrogen-bond donors (Lipinski definition) is 1. The molecule has 1 aliphatic heterocycles. The molecule has 0 radical (unpaired) electrons. The summed E-state index contributed by atoms with van der Waals surface area (Å²) in [6.07, 6.45) is 1.76. The van der Waals surface area contributed by atoms with Gasteiger partial charge < -0.3 is 14.7 Å². The van der Waals surface area contributed by atoms with Crippen molar-refractivity contribution in [1.82, 2.24) is 4.90 Å². The number of nitrogens with zero attached hydrogens (tertiary/aromatic N) is 1. The van der Waals surface area contributed by atoms with Crippen molar-refractivity contribution in [3.05, 3.63) is 29.3 Å². The van der Waals surface area contributed by atoms with Gasteiger partial charge in [0.1, 0.15) is 5.75 Å². The van der Waals surface area contributed by atoms with Gasteiger partial charge in [-0.2, -0.15) is 0 Å². The van der Waals surface area contributed by atoms with Crippen LogP contribution >= 0.6 is 0 Å². The molecule has 1 aliphatic rings. The van der Waals surface area contributed by atoms with Crippen LogP contribution in [0.4, 0.5) is 0 Å². The largest absolute Gasteiger partial charge is 0.483 e. The Balaban J connectivity index is 1.93. The Morgan fingerprint density at radius 1 is 1.36 bits per heavy atom.